The average molecular weight is 307 g/mol. The van der Waals surface area contributed by atoms with E-state index >= 15 is 0 Å². The highest BCUT2D eigenvalue weighted by Gasteiger charge is 2.18. The number of carboxylic acids is 1. The minimum atomic E-state index is -0.971. The van der Waals surface area contributed by atoms with Gasteiger partial charge in [-0.1, -0.05) is 25.5 Å². The van der Waals surface area contributed by atoms with Crippen molar-refractivity contribution >= 4 is 11.9 Å². The van der Waals surface area contributed by atoms with Crippen molar-refractivity contribution in [1.29, 1.82) is 0 Å². The summed E-state index contributed by atoms with van der Waals surface area (Å²) in [6.45, 7) is 3.88. The van der Waals surface area contributed by atoms with Crippen LogP contribution < -0.4 is 10.1 Å². The molecule has 0 fully saturated rings. The number of methoxy groups -OCH3 is 1. The van der Waals surface area contributed by atoms with E-state index in [9.17, 15) is 9.59 Å². The van der Waals surface area contributed by atoms with Crippen LogP contribution in [-0.4, -0.2) is 30.1 Å². The molecule has 122 valence electrons. The van der Waals surface area contributed by atoms with E-state index in [0.717, 1.165) is 29.7 Å². The molecular formula is C17H25NO4. The van der Waals surface area contributed by atoms with Crippen molar-refractivity contribution in [3.63, 3.8) is 0 Å². The molecule has 2 N–H and O–H groups in total. The van der Waals surface area contributed by atoms with Crippen LogP contribution in [0.3, 0.4) is 0 Å². The summed E-state index contributed by atoms with van der Waals surface area (Å²) in [7, 11) is 1.64. The molecule has 22 heavy (non-hydrogen) atoms. The molecule has 1 unspecified atom stereocenters. The van der Waals surface area contributed by atoms with Gasteiger partial charge in [-0.2, -0.15) is 0 Å². The zero-order valence-electron chi connectivity index (χ0n) is 13.5. The molecule has 0 saturated heterocycles. The number of benzene rings is 1. The molecule has 0 aromatic heterocycles. The first-order valence-electron chi connectivity index (χ1n) is 7.63. The molecule has 0 aliphatic heterocycles. The summed E-state index contributed by atoms with van der Waals surface area (Å²) in [5, 5.41) is 11.6. The first kappa shape index (κ1) is 18.0. The van der Waals surface area contributed by atoms with Crippen molar-refractivity contribution in [2.75, 3.05) is 7.11 Å². The quantitative estimate of drug-likeness (QED) is 0.735. The van der Waals surface area contributed by atoms with Crippen LogP contribution in [0.4, 0.5) is 0 Å². The molecule has 5 heteroatoms. The maximum atomic E-state index is 11.8. The lowest BCUT2D eigenvalue weighted by atomic mass is 10.0. The molecule has 0 aliphatic rings. The van der Waals surface area contributed by atoms with Crippen LogP contribution in [0.25, 0.3) is 0 Å². The fourth-order valence-corrected chi connectivity index (χ4v) is 2.36. The highest BCUT2D eigenvalue weighted by molar-refractivity contribution is 5.83. The topological polar surface area (TPSA) is 75.6 Å². The molecule has 1 aromatic carbocycles. The molecule has 1 amide bonds. The Morgan fingerprint density at radius 3 is 2.64 bits per heavy atom. The third-order valence-electron chi connectivity index (χ3n) is 3.54. The van der Waals surface area contributed by atoms with Gasteiger partial charge >= 0.3 is 5.97 Å². The fraction of sp³-hybridized carbons (Fsp3) is 0.529. The van der Waals surface area contributed by atoms with Gasteiger partial charge in [-0.15, -0.1) is 0 Å². The van der Waals surface area contributed by atoms with E-state index in [0.29, 0.717) is 19.3 Å². The predicted octanol–water partition coefficient (Wildman–Crippen LogP) is 2.70. The van der Waals surface area contributed by atoms with E-state index < -0.39 is 12.0 Å². The van der Waals surface area contributed by atoms with E-state index in [1.807, 2.05) is 32.0 Å². The first-order valence-corrected chi connectivity index (χ1v) is 7.63. The van der Waals surface area contributed by atoms with E-state index in [2.05, 4.69) is 5.32 Å². The number of carboxylic acid groups (broad SMARTS) is 1. The van der Waals surface area contributed by atoms with Gasteiger partial charge in [0.25, 0.3) is 0 Å². The minimum Gasteiger partial charge on any atom is -0.496 e. The van der Waals surface area contributed by atoms with Crippen molar-refractivity contribution in [3.8, 4) is 5.75 Å². The molecule has 0 aliphatic carbocycles. The van der Waals surface area contributed by atoms with Gasteiger partial charge in [0.1, 0.15) is 11.8 Å². The van der Waals surface area contributed by atoms with Gasteiger partial charge in [0.2, 0.25) is 5.91 Å². The Balaban J connectivity index is 2.41. The Morgan fingerprint density at radius 2 is 2.09 bits per heavy atom. The van der Waals surface area contributed by atoms with Gasteiger partial charge in [-0.05, 0) is 43.4 Å². The molecule has 0 bridgehead atoms. The van der Waals surface area contributed by atoms with Crippen molar-refractivity contribution in [1.82, 2.24) is 5.32 Å². The Morgan fingerprint density at radius 1 is 1.36 bits per heavy atom. The molecule has 0 radical (unpaired) electrons. The number of amides is 1. The van der Waals surface area contributed by atoms with Crippen molar-refractivity contribution in [2.24, 2.45) is 0 Å². The number of carbonyl (C=O) groups is 2. The van der Waals surface area contributed by atoms with Crippen molar-refractivity contribution in [2.45, 2.75) is 52.0 Å². The average Bonchev–Trinajstić information content (AvgIpc) is 2.47. The van der Waals surface area contributed by atoms with Gasteiger partial charge < -0.3 is 15.2 Å². The molecule has 1 rings (SSSR count). The van der Waals surface area contributed by atoms with Crippen LogP contribution in [-0.2, 0) is 16.0 Å². The number of carbonyl (C=O) groups excluding carboxylic acids is 1. The van der Waals surface area contributed by atoms with E-state index in [4.69, 9.17) is 9.84 Å². The normalized spacial score (nSPS) is 11.8. The van der Waals surface area contributed by atoms with Gasteiger partial charge in [0, 0.05) is 6.42 Å². The van der Waals surface area contributed by atoms with Gasteiger partial charge in [0.15, 0.2) is 0 Å². The zero-order valence-corrected chi connectivity index (χ0v) is 13.5. The van der Waals surface area contributed by atoms with E-state index in [1.165, 1.54) is 0 Å². The monoisotopic (exact) mass is 307 g/mol. The highest BCUT2D eigenvalue weighted by Crippen LogP contribution is 2.19. The van der Waals surface area contributed by atoms with Crippen LogP contribution in [0.1, 0.15) is 43.7 Å². The molecule has 1 atom stereocenters. The summed E-state index contributed by atoms with van der Waals surface area (Å²) in [6, 6.07) is 5.18. The van der Waals surface area contributed by atoms with Crippen molar-refractivity contribution < 1.29 is 19.4 Å². The largest absolute Gasteiger partial charge is 0.496 e. The van der Waals surface area contributed by atoms with Crippen LogP contribution >= 0.6 is 0 Å². The highest BCUT2D eigenvalue weighted by atomic mass is 16.5. The second-order valence-corrected chi connectivity index (χ2v) is 5.40. The number of nitrogens with one attached hydrogen (secondary N) is 1. The minimum absolute atomic E-state index is 0.203. The first-order chi connectivity index (χ1) is 10.5. The molecule has 0 saturated carbocycles. The Labute approximate surface area is 131 Å². The summed E-state index contributed by atoms with van der Waals surface area (Å²) >= 11 is 0. The van der Waals surface area contributed by atoms with E-state index in [-0.39, 0.29) is 5.91 Å². The molecule has 0 spiro atoms. The maximum absolute atomic E-state index is 11.8. The third-order valence-corrected chi connectivity index (χ3v) is 3.54. The number of hydrogen-bond acceptors (Lipinski definition) is 3. The third kappa shape index (κ3) is 5.76. The summed E-state index contributed by atoms with van der Waals surface area (Å²) in [5.74, 6) is -0.322. The van der Waals surface area contributed by atoms with Gasteiger partial charge in [-0.3, -0.25) is 4.79 Å². The molecule has 1 aromatic rings. The lowest BCUT2D eigenvalue weighted by molar-refractivity contribution is -0.142. The fourth-order valence-electron chi connectivity index (χ4n) is 2.36. The predicted molar refractivity (Wildman–Crippen MR) is 85.1 cm³/mol. The number of ether oxygens (including phenoxy) is 1. The van der Waals surface area contributed by atoms with Gasteiger partial charge in [0.05, 0.1) is 7.11 Å². The van der Waals surface area contributed by atoms with Gasteiger partial charge in [-0.25, -0.2) is 4.79 Å². The second-order valence-electron chi connectivity index (χ2n) is 5.40. The Hall–Kier alpha value is -2.04. The maximum Gasteiger partial charge on any atom is 0.326 e. The summed E-state index contributed by atoms with van der Waals surface area (Å²) in [4.78, 5) is 22.8. The number of aryl methyl sites for hydroxylation is 2. The Bertz CT molecular complexity index is 513. The number of rotatable bonds is 9. The molecular weight excluding hydrogens is 282 g/mol. The van der Waals surface area contributed by atoms with Crippen LogP contribution in [0.2, 0.25) is 0 Å². The summed E-state index contributed by atoms with van der Waals surface area (Å²) < 4.78 is 5.21. The van der Waals surface area contributed by atoms with Crippen LogP contribution in [0.5, 0.6) is 5.75 Å². The zero-order chi connectivity index (χ0) is 16.5. The number of aliphatic carboxylic acids is 1. The standard InChI is InChI=1S/C17H25NO4/c1-4-6-14(17(20)21)18-16(19)8-5-7-13-9-10-15(22-3)12(2)11-13/h9-11,14H,4-8H2,1-3H3,(H,18,19)(H,20,21). The second kappa shape index (κ2) is 9.07. The lowest BCUT2D eigenvalue weighted by Gasteiger charge is -2.13. The van der Waals surface area contributed by atoms with Crippen LogP contribution in [0, 0.1) is 6.92 Å². The molecule has 0 heterocycles. The summed E-state index contributed by atoms with van der Waals surface area (Å²) in [5.41, 5.74) is 2.22. The summed E-state index contributed by atoms with van der Waals surface area (Å²) in [6.07, 6.45) is 2.99. The lowest BCUT2D eigenvalue weighted by Crippen LogP contribution is -2.40. The van der Waals surface area contributed by atoms with Crippen molar-refractivity contribution in [3.05, 3.63) is 29.3 Å². The van der Waals surface area contributed by atoms with Crippen LogP contribution in [0.15, 0.2) is 18.2 Å². The van der Waals surface area contributed by atoms with E-state index in [1.54, 1.807) is 7.11 Å². The molecule has 5 nitrogen and oxygen atoms in total. The Kier molecular flexibility index (Phi) is 7.43. The SMILES string of the molecule is CCCC(NC(=O)CCCc1ccc(OC)c(C)c1)C(=O)O. The number of hydrogen-bond donors (Lipinski definition) is 2. The smallest absolute Gasteiger partial charge is 0.326 e.